The van der Waals surface area contributed by atoms with Crippen LogP contribution in [0.2, 0.25) is 0 Å². The summed E-state index contributed by atoms with van der Waals surface area (Å²) in [5.74, 6) is 3.70. The van der Waals surface area contributed by atoms with Crippen LogP contribution in [-0.4, -0.2) is 9.55 Å². The van der Waals surface area contributed by atoms with E-state index in [2.05, 4.69) is 18.4 Å². The summed E-state index contributed by atoms with van der Waals surface area (Å²) in [5.41, 5.74) is 7.60. The first-order chi connectivity index (χ1) is 8.70. The van der Waals surface area contributed by atoms with Crippen molar-refractivity contribution in [3.8, 4) is 0 Å². The predicted octanol–water partition coefficient (Wildman–Crippen LogP) is 3.66. The monoisotopic (exact) mass is 247 g/mol. The lowest BCUT2D eigenvalue weighted by Gasteiger charge is -2.25. The third kappa shape index (κ3) is 2.04. The van der Waals surface area contributed by atoms with E-state index >= 15 is 0 Å². The van der Waals surface area contributed by atoms with Crippen molar-refractivity contribution in [1.29, 1.82) is 0 Å². The molecule has 1 heterocycles. The lowest BCUT2D eigenvalue weighted by molar-refractivity contribution is 0.345. The highest BCUT2D eigenvalue weighted by atomic mass is 15.2. The van der Waals surface area contributed by atoms with E-state index in [1.807, 2.05) is 0 Å². The molecule has 0 bridgehead atoms. The number of aryl methyl sites for hydroxylation is 1. The molecule has 0 aromatic carbocycles. The van der Waals surface area contributed by atoms with Crippen LogP contribution in [0.3, 0.4) is 0 Å². The lowest BCUT2D eigenvalue weighted by Crippen LogP contribution is -2.13. The Morgan fingerprint density at radius 3 is 2.39 bits per heavy atom. The van der Waals surface area contributed by atoms with E-state index in [4.69, 9.17) is 10.7 Å². The molecule has 18 heavy (non-hydrogen) atoms. The summed E-state index contributed by atoms with van der Waals surface area (Å²) in [4.78, 5) is 4.88. The minimum Gasteiger partial charge on any atom is -0.384 e. The van der Waals surface area contributed by atoms with Crippen LogP contribution in [0.5, 0.6) is 0 Å². The van der Waals surface area contributed by atoms with Gasteiger partial charge in [0.05, 0.1) is 5.69 Å². The third-order valence-corrected chi connectivity index (χ3v) is 4.68. The van der Waals surface area contributed by atoms with Crippen LogP contribution in [0.4, 0.5) is 5.82 Å². The number of hydrogen-bond donors (Lipinski definition) is 1. The molecule has 3 rings (SSSR count). The van der Waals surface area contributed by atoms with Crippen molar-refractivity contribution < 1.29 is 0 Å². The van der Waals surface area contributed by atoms with Crippen LogP contribution in [0.15, 0.2) is 0 Å². The van der Waals surface area contributed by atoms with E-state index in [1.54, 1.807) is 0 Å². The fourth-order valence-corrected chi connectivity index (χ4v) is 3.34. The highest BCUT2D eigenvalue weighted by Gasteiger charge is 2.32. The number of anilines is 1. The fourth-order valence-electron chi connectivity index (χ4n) is 3.34. The van der Waals surface area contributed by atoms with Crippen LogP contribution in [0.1, 0.15) is 75.9 Å². The zero-order valence-corrected chi connectivity index (χ0v) is 11.7. The minimum absolute atomic E-state index is 0.617. The highest BCUT2D eigenvalue weighted by molar-refractivity contribution is 5.42. The molecule has 0 amide bonds. The molecule has 0 spiro atoms. The fraction of sp³-hybridized carbons (Fsp3) is 0.800. The van der Waals surface area contributed by atoms with Gasteiger partial charge in [-0.3, -0.25) is 0 Å². The van der Waals surface area contributed by atoms with Gasteiger partial charge in [-0.25, -0.2) is 4.98 Å². The molecule has 2 saturated carbocycles. The van der Waals surface area contributed by atoms with Crippen LogP contribution < -0.4 is 5.73 Å². The maximum Gasteiger partial charge on any atom is 0.127 e. The second kappa shape index (κ2) is 4.60. The van der Waals surface area contributed by atoms with Gasteiger partial charge in [-0.2, -0.15) is 0 Å². The van der Waals surface area contributed by atoms with Gasteiger partial charge < -0.3 is 10.3 Å². The maximum absolute atomic E-state index is 6.39. The molecular formula is C15H25N3. The number of nitrogens with two attached hydrogens (primary N) is 1. The van der Waals surface area contributed by atoms with Gasteiger partial charge in [-0.05, 0) is 31.6 Å². The normalized spacial score (nSPS) is 28.6. The Hall–Kier alpha value is -0.990. The first-order valence-corrected chi connectivity index (χ1v) is 7.57. The van der Waals surface area contributed by atoms with E-state index in [1.165, 1.54) is 50.0 Å². The van der Waals surface area contributed by atoms with Crippen molar-refractivity contribution in [2.24, 2.45) is 5.92 Å². The molecule has 3 nitrogen and oxygen atoms in total. The summed E-state index contributed by atoms with van der Waals surface area (Å²) < 4.78 is 2.33. The average Bonchev–Trinajstić information content (AvgIpc) is 3.15. The number of rotatable bonds is 3. The van der Waals surface area contributed by atoms with Gasteiger partial charge in [0.25, 0.3) is 0 Å². The van der Waals surface area contributed by atoms with Crippen molar-refractivity contribution in [3.05, 3.63) is 11.5 Å². The maximum atomic E-state index is 6.39. The summed E-state index contributed by atoms with van der Waals surface area (Å²) in [5, 5.41) is 0. The summed E-state index contributed by atoms with van der Waals surface area (Å²) in [6.07, 6.45) is 8.79. The number of hydrogen-bond acceptors (Lipinski definition) is 2. The smallest absolute Gasteiger partial charge is 0.127 e. The molecule has 1 aromatic heterocycles. The molecule has 0 atom stereocenters. The van der Waals surface area contributed by atoms with Gasteiger partial charge in [0.1, 0.15) is 11.6 Å². The van der Waals surface area contributed by atoms with E-state index < -0.39 is 0 Å². The Morgan fingerprint density at radius 1 is 1.17 bits per heavy atom. The molecule has 0 saturated heterocycles. The van der Waals surface area contributed by atoms with Gasteiger partial charge in [-0.1, -0.05) is 26.7 Å². The summed E-state index contributed by atoms with van der Waals surface area (Å²) in [6, 6.07) is 0.656. The van der Waals surface area contributed by atoms with Crippen molar-refractivity contribution in [1.82, 2.24) is 9.55 Å². The molecule has 0 unspecified atom stereocenters. The molecule has 2 aliphatic rings. The van der Waals surface area contributed by atoms with E-state index in [0.29, 0.717) is 12.0 Å². The number of imidazole rings is 1. The van der Waals surface area contributed by atoms with Crippen LogP contribution >= 0.6 is 0 Å². The van der Waals surface area contributed by atoms with E-state index in [0.717, 1.165) is 18.2 Å². The molecule has 3 heteroatoms. The summed E-state index contributed by atoms with van der Waals surface area (Å²) >= 11 is 0. The second-order valence-corrected chi connectivity index (χ2v) is 6.21. The summed E-state index contributed by atoms with van der Waals surface area (Å²) in [6.45, 7) is 4.55. The van der Waals surface area contributed by atoms with Gasteiger partial charge in [-0.15, -0.1) is 0 Å². The Kier molecular flexibility index (Phi) is 3.08. The predicted molar refractivity (Wildman–Crippen MR) is 74.7 cm³/mol. The van der Waals surface area contributed by atoms with Crippen molar-refractivity contribution >= 4 is 5.82 Å². The minimum atomic E-state index is 0.617. The first-order valence-electron chi connectivity index (χ1n) is 7.57. The number of aromatic nitrogens is 2. The van der Waals surface area contributed by atoms with Crippen molar-refractivity contribution in [2.75, 3.05) is 5.73 Å². The number of nitrogen functional groups attached to an aromatic ring is 1. The summed E-state index contributed by atoms with van der Waals surface area (Å²) in [7, 11) is 0. The van der Waals surface area contributed by atoms with Gasteiger partial charge in [0.15, 0.2) is 0 Å². The quantitative estimate of drug-likeness (QED) is 0.886. The number of nitrogens with zero attached hydrogens (tertiary/aromatic N) is 2. The lowest BCUT2D eigenvalue weighted by atomic mass is 9.81. The molecule has 2 N–H and O–H groups in total. The van der Waals surface area contributed by atoms with Crippen LogP contribution in [-0.2, 0) is 6.42 Å². The molecule has 0 radical (unpaired) electrons. The average molecular weight is 247 g/mol. The molecule has 100 valence electrons. The van der Waals surface area contributed by atoms with Gasteiger partial charge in [0.2, 0.25) is 0 Å². The topological polar surface area (TPSA) is 43.8 Å². The molecule has 1 aromatic rings. The highest BCUT2D eigenvalue weighted by Crippen LogP contribution is 2.43. The van der Waals surface area contributed by atoms with E-state index in [9.17, 15) is 0 Å². The molecule has 2 aliphatic carbocycles. The van der Waals surface area contributed by atoms with Crippen molar-refractivity contribution in [2.45, 2.75) is 70.8 Å². The molecule has 2 fully saturated rings. The SMILES string of the molecule is CCc1nc(C2CCC(C)CC2)c(N)n1C1CC1. The molecule has 0 aliphatic heterocycles. The zero-order chi connectivity index (χ0) is 12.7. The Bertz CT molecular complexity index is 423. The Balaban J connectivity index is 1.87. The molecular weight excluding hydrogens is 222 g/mol. The van der Waals surface area contributed by atoms with Gasteiger partial charge in [0, 0.05) is 18.4 Å². The first kappa shape index (κ1) is 12.1. The van der Waals surface area contributed by atoms with Gasteiger partial charge >= 0.3 is 0 Å². The second-order valence-electron chi connectivity index (χ2n) is 6.21. The Morgan fingerprint density at radius 2 is 1.83 bits per heavy atom. The van der Waals surface area contributed by atoms with Crippen LogP contribution in [0.25, 0.3) is 0 Å². The van der Waals surface area contributed by atoms with Crippen LogP contribution in [0, 0.1) is 5.92 Å². The standard InChI is InChI=1S/C15H25N3/c1-3-13-17-14(11-6-4-10(2)5-7-11)15(16)18(13)12-8-9-12/h10-12H,3-9,16H2,1-2H3. The largest absolute Gasteiger partial charge is 0.384 e. The van der Waals surface area contributed by atoms with Crippen molar-refractivity contribution in [3.63, 3.8) is 0 Å². The Labute approximate surface area is 110 Å². The zero-order valence-electron chi connectivity index (χ0n) is 11.7. The third-order valence-electron chi connectivity index (χ3n) is 4.68. The van der Waals surface area contributed by atoms with E-state index in [-0.39, 0.29) is 0 Å².